The van der Waals surface area contributed by atoms with Crippen LogP contribution in [0.5, 0.6) is 0 Å². The zero-order valence-electron chi connectivity index (χ0n) is 11.2. The van der Waals surface area contributed by atoms with Crippen LogP contribution in [-0.4, -0.2) is 34.1 Å². The number of H-pyrrole nitrogens is 1. The lowest BCUT2D eigenvalue weighted by Gasteiger charge is -2.26. The highest BCUT2D eigenvalue weighted by atomic mass is 35.5. The van der Waals surface area contributed by atoms with Gasteiger partial charge in [0.1, 0.15) is 5.82 Å². The molecule has 0 radical (unpaired) electrons. The SMILES string of the molecule is Fc1cc2c(cc1Cl)[nH]c(=S)n2CCN1CCCCC1. The molecule has 3 nitrogen and oxygen atoms in total. The van der Waals surface area contributed by atoms with Gasteiger partial charge in [-0.2, -0.15) is 0 Å². The Morgan fingerprint density at radius 1 is 1.20 bits per heavy atom. The summed E-state index contributed by atoms with van der Waals surface area (Å²) >= 11 is 11.1. The first-order chi connectivity index (χ1) is 9.65. The molecule has 2 heterocycles. The number of likely N-dealkylation sites (tertiary alicyclic amines) is 1. The van der Waals surface area contributed by atoms with E-state index in [0.717, 1.165) is 37.2 Å². The number of imidazole rings is 1. The number of piperidine rings is 1. The first-order valence-electron chi connectivity index (χ1n) is 6.95. The summed E-state index contributed by atoms with van der Waals surface area (Å²) in [6, 6.07) is 3.06. The average molecular weight is 314 g/mol. The average Bonchev–Trinajstić information content (AvgIpc) is 2.73. The van der Waals surface area contributed by atoms with E-state index in [-0.39, 0.29) is 5.02 Å². The molecule has 1 aromatic heterocycles. The van der Waals surface area contributed by atoms with Gasteiger partial charge in [-0.3, -0.25) is 0 Å². The third-order valence-corrected chi connectivity index (χ3v) is 4.52. The van der Waals surface area contributed by atoms with Gasteiger partial charge in [-0.15, -0.1) is 0 Å². The van der Waals surface area contributed by atoms with Crippen molar-refractivity contribution < 1.29 is 4.39 Å². The second-order valence-corrected chi connectivity index (χ2v) is 6.06. The Bertz CT molecular complexity index is 673. The van der Waals surface area contributed by atoms with Crippen molar-refractivity contribution in [2.24, 2.45) is 0 Å². The minimum absolute atomic E-state index is 0.122. The summed E-state index contributed by atoms with van der Waals surface area (Å²) < 4.78 is 16.2. The van der Waals surface area contributed by atoms with Crippen LogP contribution in [0, 0.1) is 10.6 Å². The second kappa shape index (κ2) is 5.84. The van der Waals surface area contributed by atoms with Crippen molar-refractivity contribution in [1.82, 2.24) is 14.5 Å². The lowest BCUT2D eigenvalue weighted by Crippen LogP contribution is -2.32. The molecular weight excluding hydrogens is 297 g/mol. The Morgan fingerprint density at radius 3 is 2.70 bits per heavy atom. The quantitative estimate of drug-likeness (QED) is 0.867. The Labute approximate surface area is 127 Å². The second-order valence-electron chi connectivity index (χ2n) is 5.27. The molecule has 20 heavy (non-hydrogen) atoms. The van der Waals surface area contributed by atoms with Gasteiger partial charge in [-0.1, -0.05) is 18.0 Å². The molecule has 1 aliphatic rings. The fourth-order valence-corrected chi connectivity index (χ4v) is 3.26. The lowest BCUT2D eigenvalue weighted by atomic mass is 10.1. The van der Waals surface area contributed by atoms with E-state index in [2.05, 4.69) is 9.88 Å². The van der Waals surface area contributed by atoms with Gasteiger partial charge in [-0.05, 0) is 44.2 Å². The molecule has 108 valence electrons. The lowest BCUT2D eigenvalue weighted by molar-refractivity contribution is 0.221. The molecule has 0 unspecified atom stereocenters. The van der Waals surface area contributed by atoms with Gasteiger partial charge < -0.3 is 14.5 Å². The molecule has 0 spiro atoms. The van der Waals surface area contributed by atoms with Gasteiger partial charge in [-0.25, -0.2) is 4.39 Å². The van der Waals surface area contributed by atoms with Crippen molar-refractivity contribution >= 4 is 34.9 Å². The molecule has 2 aromatic rings. The number of nitrogens with zero attached hydrogens (tertiary/aromatic N) is 2. The monoisotopic (exact) mass is 313 g/mol. The number of fused-ring (bicyclic) bond motifs is 1. The summed E-state index contributed by atoms with van der Waals surface area (Å²) in [6.07, 6.45) is 3.86. The number of nitrogens with one attached hydrogen (secondary N) is 1. The van der Waals surface area contributed by atoms with Crippen molar-refractivity contribution in [3.63, 3.8) is 0 Å². The predicted octanol–water partition coefficient (Wildman–Crippen LogP) is 3.98. The van der Waals surface area contributed by atoms with Crippen LogP contribution in [-0.2, 0) is 6.54 Å². The minimum atomic E-state index is -0.403. The highest BCUT2D eigenvalue weighted by Gasteiger charge is 2.12. The Hall–Kier alpha value is -0.910. The number of benzene rings is 1. The fraction of sp³-hybridized carbons (Fsp3) is 0.500. The van der Waals surface area contributed by atoms with E-state index >= 15 is 0 Å². The van der Waals surface area contributed by atoms with Crippen LogP contribution in [0.1, 0.15) is 19.3 Å². The van der Waals surface area contributed by atoms with E-state index in [1.54, 1.807) is 6.07 Å². The van der Waals surface area contributed by atoms with E-state index < -0.39 is 5.82 Å². The van der Waals surface area contributed by atoms with Crippen LogP contribution >= 0.6 is 23.8 Å². The molecule has 1 saturated heterocycles. The summed E-state index contributed by atoms with van der Waals surface area (Å²) in [6.45, 7) is 4.02. The van der Waals surface area contributed by atoms with E-state index in [4.69, 9.17) is 23.8 Å². The molecular formula is C14H17ClFN3S. The van der Waals surface area contributed by atoms with Gasteiger partial charge in [0.2, 0.25) is 0 Å². The van der Waals surface area contributed by atoms with Crippen LogP contribution in [0.2, 0.25) is 5.02 Å². The maximum absolute atomic E-state index is 13.6. The third kappa shape index (κ3) is 2.75. The van der Waals surface area contributed by atoms with E-state index in [1.165, 1.54) is 25.3 Å². The largest absolute Gasteiger partial charge is 0.331 e. The number of aromatic amines is 1. The molecule has 3 rings (SSSR count). The van der Waals surface area contributed by atoms with Gasteiger partial charge >= 0.3 is 0 Å². The number of rotatable bonds is 3. The highest BCUT2D eigenvalue weighted by molar-refractivity contribution is 7.71. The first-order valence-corrected chi connectivity index (χ1v) is 7.74. The van der Waals surface area contributed by atoms with Crippen LogP contribution in [0.3, 0.4) is 0 Å². The van der Waals surface area contributed by atoms with Crippen molar-refractivity contribution in [2.45, 2.75) is 25.8 Å². The van der Waals surface area contributed by atoms with Gasteiger partial charge in [0.15, 0.2) is 4.77 Å². The topological polar surface area (TPSA) is 24.0 Å². The third-order valence-electron chi connectivity index (χ3n) is 3.90. The number of hydrogen-bond donors (Lipinski definition) is 1. The highest BCUT2D eigenvalue weighted by Crippen LogP contribution is 2.23. The van der Waals surface area contributed by atoms with Crippen molar-refractivity contribution in [2.75, 3.05) is 19.6 Å². The van der Waals surface area contributed by atoms with Crippen LogP contribution < -0.4 is 0 Å². The number of halogens is 2. The molecule has 0 amide bonds. The molecule has 0 saturated carbocycles. The van der Waals surface area contributed by atoms with Crippen molar-refractivity contribution in [3.8, 4) is 0 Å². The predicted molar refractivity (Wildman–Crippen MR) is 82.4 cm³/mol. The number of hydrogen-bond acceptors (Lipinski definition) is 2. The molecule has 0 atom stereocenters. The van der Waals surface area contributed by atoms with Crippen LogP contribution in [0.15, 0.2) is 12.1 Å². The summed E-state index contributed by atoms with van der Waals surface area (Å²) in [5, 5.41) is 0.122. The fourth-order valence-electron chi connectivity index (χ4n) is 2.80. The first kappa shape index (κ1) is 14.0. The van der Waals surface area contributed by atoms with E-state index in [0.29, 0.717) is 4.77 Å². The molecule has 0 bridgehead atoms. The van der Waals surface area contributed by atoms with E-state index in [9.17, 15) is 4.39 Å². The summed E-state index contributed by atoms with van der Waals surface area (Å²) in [5.74, 6) is -0.403. The van der Waals surface area contributed by atoms with Crippen LogP contribution in [0.4, 0.5) is 4.39 Å². The Kier molecular flexibility index (Phi) is 4.10. The molecule has 0 aliphatic carbocycles. The molecule has 1 fully saturated rings. The standard InChI is InChI=1S/C14H17ClFN3S/c15-10-8-12-13(9-11(10)16)19(14(20)17-12)7-6-18-4-2-1-3-5-18/h8-9H,1-7H2,(H,17,20). The normalized spacial score (nSPS) is 16.9. The molecule has 6 heteroatoms. The van der Waals surface area contributed by atoms with Crippen molar-refractivity contribution in [1.29, 1.82) is 0 Å². The Morgan fingerprint density at radius 2 is 1.95 bits per heavy atom. The zero-order valence-corrected chi connectivity index (χ0v) is 12.7. The van der Waals surface area contributed by atoms with Crippen LogP contribution in [0.25, 0.3) is 11.0 Å². The zero-order chi connectivity index (χ0) is 14.1. The van der Waals surface area contributed by atoms with Gasteiger partial charge in [0.05, 0.1) is 16.1 Å². The summed E-state index contributed by atoms with van der Waals surface area (Å²) in [4.78, 5) is 5.53. The smallest absolute Gasteiger partial charge is 0.178 e. The maximum Gasteiger partial charge on any atom is 0.178 e. The molecule has 1 aliphatic heterocycles. The van der Waals surface area contributed by atoms with Crippen molar-refractivity contribution in [3.05, 3.63) is 27.7 Å². The molecule has 1 N–H and O–H groups in total. The van der Waals surface area contributed by atoms with Gasteiger partial charge in [0.25, 0.3) is 0 Å². The minimum Gasteiger partial charge on any atom is -0.331 e. The maximum atomic E-state index is 13.6. The summed E-state index contributed by atoms with van der Waals surface area (Å²) in [5.41, 5.74) is 1.58. The van der Waals surface area contributed by atoms with E-state index in [1.807, 2.05) is 4.57 Å². The summed E-state index contributed by atoms with van der Waals surface area (Å²) in [7, 11) is 0. The molecule has 1 aromatic carbocycles. The Balaban J connectivity index is 1.85. The van der Waals surface area contributed by atoms with Gasteiger partial charge in [0, 0.05) is 19.2 Å². The number of aromatic nitrogens is 2.